The van der Waals surface area contributed by atoms with Gasteiger partial charge in [-0.3, -0.25) is 0 Å². The van der Waals surface area contributed by atoms with Crippen LogP contribution in [0.1, 0.15) is 59.8 Å². The second kappa shape index (κ2) is 3.17. The van der Waals surface area contributed by atoms with Gasteiger partial charge in [-0.1, -0.05) is 39.3 Å². The van der Waals surface area contributed by atoms with Gasteiger partial charge in [0.1, 0.15) is 0 Å². The SMILES string of the molecule is CC[C@@]12CCC=C1C1(C)CCC([C@H]2O)C1(C)C. The Morgan fingerprint density at radius 1 is 1.29 bits per heavy atom. The molecule has 0 spiro atoms. The fourth-order valence-electron chi connectivity index (χ4n) is 5.43. The van der Waals surface area contributed by atoms with Gasteiger partial charge in [0.25, 0.3) is 0 Å². The van der Waals surface area contributed by atoms with E-state index in [1.807, 2.05) is 0 Å². The van der Waals surface area contributed by atoms with Crippen molar-refractivity contribution in [3.8, 4) is 0 Å². The van der Waals surface area contributed by atoms with Crippen molar-refractivity contribution in [3.63, 3.8) is 0 Å². The van der Waals surface area contributed by atoms with E-state index in [2.05, 4.69) is 33.8 Å². The number of rotatable bonds is 1. The first-order chi connectivity index (χ1) is 7.90. The van der Waals surface area contributed by atoms with Gasteiger partial charge in [-0.05, 0) is 48.9 Å². The lowest BCUT2D eigenvalue weighted by atomic mass is 9.48. The molecule has 2 fully saturated rings. The van der Waals surface area contributed by atoms with Crippen LogP contribution in [-0.2, 0) is 0 Å². The summed E-state index contributed by atoms with van der Waals surface area (Å²) in [6, 6.07) is 0. The van der Waals surface area contributed by atoms with E-state index in [4.69, 9.17) is 0 Å². The Balaban J connectivity index is 2.19. The minimum absolute atomic E-state index is 0.105. The third kappa shape index (κ3) is 1.06. The maximum Gasteiger partial charge on any atom is 0.0667 e. The molecule has 2 saturated carbocycles. The summed E-state index contributed by atoms with van der Waals surface area (Å²) in [6.07, 6.45) is 8.32. The van der Waals surface area contributed by atoms with Crippen molar-refractivity contribution >= 4 is 0 Å². The Kier molecular flexibility index (Phi) is 2.20. The predicted molar refractivity (Wildman–Crippen MR) is 70.7 cm³/mol. The van der Waals surface area contributed by atoms with Gasteiger partial charge in [0, 0.05) is 5.41 Å². The molecule has 0 aliphatic heterocycles. The van der Waals surface area contributed by atoms with Crippen molar-refractivity contribution in [1.82, 2.24) is 0 Å². The summed E-state index contributed by atoms with van der Waals surface area (Å²) < 4.78 is 0. The molecule has 1 heteroatoms. The average molecular weight is 234 g/mol. The van der Waals surface area contributed by atoms with Crippen LogP contribution < -0.4 is 0 Å². The topological polar surface area (TPSA) is 20.2 Å². The summed E-state index contributed by atoms with van der Waals surface area (Å²) in [7, 11) is 0. The molecule has 17 heavy (non-hydrogen) atoms. The van der Waals surface area contributed by atoms with E-state index in [0.29, 0.717) is 11.3 Å². The molecule has 4 atom stereocenters. The van der Waals surface area contributed by atoms with E-state index >= 15 is 0 Å². The highest BCUT2D eigenvalue weighted by Gasteiger charge is 2.66. The molecule has 0 heterocycles. The lowest BCUT2D eigenvalue weighted by Gasteiger charge is -2.57. The van der Waals surface area contributed by atoms with Gasteiger partial charge in [0.05, 0.1) is 6.10 Å². The van der Waals surface area contributed by atoms with Gasteiger partial charge in [0.2, 0.25) is 0 Å². The van der Waals surface area contributed by atoms with Gasteiger partial charge in [-0.15, -0.1) is 0 Å². The van der Waals surface area contributed by atoms with Gasteiger partial charge < -0.3 is 5.11 Å². The highest BCUT2D eigenvalue weighted by molar-refractivity contribution is 5.37. The summed E-state index contributed by atoms with van der Waals surface area (Å²) in [6.45, 7) is 9.49. The lowest BCUT2D eigenvalue weighted by Crippen LogP contribution is -2.55. The molecule has 0 saturated heterocycles. The molecule has 0 amide bonds. The quantitative estimate of drug-likeness (QED) is 0.682. The molecule has 1 N–H and O–H groups in total. The number of hydrogen-bond donors (Lipinski definition) is 1. The van der Waals surface area contributed by atoms with Crippen LogP contribution in [0.15, 0.2) is 11.6 Å². The number of fused-ring (bicyclic) bond motifs is 4. The van der Waals surface area contributed by atoms with Crippen LogP contribution in [0.5, 0.6) is 0 Å². The van der Waals surface area contributed by atoms with Crippen molar-refractivity contribution < 1.29 is 5.11 Å². The number of aliphatic hydroxyl groups is 1. The molecule has 3 aliphatic rings. The highest BCUT2D eigenvalue weighted by Crippen LogP contribution is 2.72. The van der Waals surface area contributed by atoms with E-state index < -0.39 is 0 Å². The molecule has 3 rings (SSSR count). The second-order valence-corrected chi connectivity index (χ2v) is 7.31. The second-order valence-electron chi connectivity index (χ2n) is 7.31. The summed E-state index contributed by atoms with van der Waals surface area (Å²) >= 11 is 0. The van der Waals surface area contributed by atoms with E-state index in [0.717, 1.165) is 6.42 Å². The Hall–Kier alpha value is -0.300. The molecular formula is C16H26O. The fourth-order valence-corrected chi connectivity index (χ4v) is 5.43. The molecule has 2 unspecified atom stereocenters. The van der Waals surface area contributed by atoms with Gasteiger partial charge in [0.15, 0.2) is 0 Å². The number of hydrogen-bond acceptors (Lipinski definition) is 1. The summed E-state index contributed by atoms with van der Waals surface area (Å²) in [5.41, 5.74) is 2.34. The molecule has 3 aliphatic carbocycles. The van der Waals surface area contributed by atoms with Crippen LogP contribution >= 0.6 is 0 Å². The third-order valence-electron chi connectivity index (χ3n) is 6.95. The number of aliphatic hydroxyl groups excluding tert-OH is 1. The van der Waals surface area contributed by atoms with Crippen molar-refractivity contribution in [2.24, 2.45) is 22.2 Å². The molecule has 0 radical (unpaired) electrons. The molecule has 2 bridgehead atoms. The van der Waals surface area contributed by atoms with E-state index in [1.54, 1.807) is 5.57 Å². The smallest absolute Gasteiger partial charge is 0.0667 e. The molecular weight excluding hydrogens is 208 g/mol. The van der Waals surface area contributed by atoms with Crippen LogP contribution in [0.2, 0.25) is 0 Å². The maximum absolute atomic E-state index is 10.9. The normalized spacial score (nSPS) is 51.2. The highest BCUT2D eigenvalue weighted by atomic mass is 16.3. The van der Waals surface area contributed by atoms with Crippen LogP contribution in [0.3, 0.4) is 0 Å². The van der Waals surface area contributed by atoms with Crippen molar-refractivity contribution in [1.29, 1.82) is 0 Å². The first-order valence-electron chi connectivity index (χ1n) is 7.29. The zero-order valence-corrected chi connectivity index (χ0v) is 11.7. The minimum Gasteiger partial charge on any atom is -0.392 e. The average Bonchev–Trinajstić information content (AvgIpc) is 2.78. The Bertz CT molecular complexity index is 381. The molecule has 0 aromatic carbocycles. The maximum atomic E-state index is 10.9. The van der Waals surface area contributed by atoms with Gasteiger partial charge in [-0.2, -0.15) is 0 Å². The minimum atomic E-state index is -0.105. The zero-order chi connectivity index (χ0) is 12.5. The van der Waals surface area contributed by atoms with Gasteiger partial charge in [-0.25, -0.2) is 0 Å². The predicted octanol–water partition coefficient (Wildman–Crippen LogP) is 3.92. The van der Waals surface area contributed by atoms with Crippen LogP contribution in [0.4, 0.5) is 0 Å². The molecule has 0 aromatic heterocycles. The largest absolute Gasteiger partial charge is 0.392 e. The Labute approximate surface area is 105 Å². The van der Waals surface area contributed by atoms with Crippen LogP contribution in [-0.4, -0.2) is 11.2 Å². The first kappa shape index (κ1) is 11.8. The fraction of sp³-hybridized carbons (Fsp3) is 0.875. The van der Waals surface area contributed by atoms with Crippen molar-refractivity contribution in [2.75, 3.05) is 0 Å². The Morgan fingerprint density at radius 3 is 2.65 bits per heavy atom. The summed E-state index contributed by atoms with van der Waals surface area (Å²) in [5, 5.41) is 10.9. The summed E-state index contributed by atoms with van der Waals surface area (Å²) in [5.74, 6) is 0.502. The van der Waals surface area contributed by atoms with Crippen LogP contribution in [0.25, 0.3) is 0 Å². The monoisotopic (exact) mass is 234 g/mol. The van der Waals surface area contributed by atoms with Crippen molar-refractivity contribution in [3.05, 3.63) is 11.6 Å². The summed E-state index contributed by atoms with van der Waals surface area (Å²) in [4.78, 5) is 0. The molecule has 1 nitrogen and oxygen atoms in total. The zero-order valence-electron chi connectivity index (χ0n) is 11.7. The van der Waals surface area contributed by atoms with E-state index in [-0.39, 0.29) is 16.9 Å². The van der Waals surface area contributed by atoms with E-state index in [1.165, 1.54) is 25.7 Å². The van der Waals surface area contributed by atoms with E-state index in [9.17, 15) is 5.11 Å². The lowest BCUT2D eigenvalue weighted by molar-refractivity contribution is -0.0928. The third-order valence-corrected chi connectivity index (χ3v) is 6.95. The molecule has 0 aromatic rings. The van der Waals surface area contributed by atoms with Crippen molar-refractivity contribution in [2.45, 2.75) is 65.9 Å². The molecule has 96 valence electrons. The van der Waals surface area contributed by atoms with Crippen LogP contribution in [0, 0.1) is 22.2 Å². The van der Waals surface area contributed by atoms with Gasteiger partial charge >= 0.3 is 0 Å². The Morgan fingerprint density at radius 2 is 2.00 bits per heavy atom. The first-order valence-corrected chi connectivity index (χ1v) is 7.29. The standard InChI is InChI=1S/C16H26O/c1-5-16-9-6-7-12(16)15(4)10-8-11(13(16)17)14(15,2)3/h7,11,13,17H,5-6,8-10H2,1-4H3/t11?,13-,15?,16-/m1/s1. The number of allylic oxidation sites excluding steroid dienone is 1.